The summed E-state index contributed by atoms with van der Waals surface area (Å²) in [6.07, 6.45) is 4.85. The first-order chi connectivity index (χ1) is 10.3. The van der Waals surface area contributed by atoms with Crippen LogP contribution in [0.25, 0.3) is 11.0 Å². The maximum atomic E-state index is 8.98. The van der Waals surface area contributed by atoms with Crippen molar-refractivity contribution in [2.75, 3.05) is 6.61 Å². The van der Waals surface area contributed by atoms with E-state index in [-0.39, 0.29) is 0 Å². The van der Waals surface area contributed by atoms with Crippen molar-refractivity contribution in [3.8, 4) is 11.8 Å². The molecule has 0 unspecified atom stereocenters. The van der Waals surface area contributed by atoms with Crippen LogP contribution < -0.4 is 4.74 Å². The number of unbranched alkanes of at least 4 members (excludes halogenated alkanes) is 2. The molecule has 0 fully saturated rings. The molecule has 4 heteroatoms. The van der Waals surface area contributed by atoms with Crippen LogP contribution in [0.3, 0.4) is 0 Å². The second-order valence-electron chi connectivity index (χ2n) is 5.22. The summed E-state index contributed by atoms with van der Waals surface area (Å²) in [5.41, 5.74) is 2.02. The van der Waals surface area contributed by atoms with Crippen molar-refractivity contribution in [1.82, 2.24) is 9.55 Å². The van der Waals surface area contributed by atoms with E-state index in [1.54, 1.807) is 0 Å². The molecule has 0 aliphatic heterocycles. The van der Waals surface area contributed by atoms with Crippen molar-refractivity contribution in [3.63, 3.8) is 0 Å². The lowest BCUT2D eigenvalue weighted by Gasteiger charge is -2.08. The molecular formula is C17H23N3O. The van der Waals surface area contributed by atoms with Crippen LogP contribution in [0.15, 0.2) is 18.2 Å². The number of imidazole rings is 1. The molecule has 1 heterocycles. The molecule has 0 aliphatic carbocycles. The zero-order chi connectivity index (χ0) is 15.1. The van der Waals surface area contributed by atoms with Gasteiger partial charge in [0.15, 0.2) is 0 Å². The Morgan fingerprint density at radius 2 is 2.10 bits per heavy atom. The van der Waals surface area contributed by atoms with Gasteiger partial charge in [-0.05, 0) is 25.0 Å². The Kier molecular flexibility index (Phi) is 5.62. The van der Waals surface area contributed by atoms with E-state index in [0.29, 0.717) is 13.0 Å². The molecule has 1 aromatic heterocycles. The lowest BCUT2D eigenvalue weighted by atomic mass is 10.2. The van der Waals surface area contributed by atoms with Gasteiger partial charge in [-0.2, -0.15) is 5.26 Å². The number of aromatic nitrogens is 2. The lowest BCUT2D eigenvalue weighted by molar-refractivity contribution is 0.318. The third-order valence-electron chi connectivity index (χ3n) is 3.49. The Morgan fingerprint density at radius 1 is 1.24 bits per heavy atom. The minimum atomic E-state index is 0.353. The lowest BCUT2D eigenvalue weighted by Crippen LogP contribution is -2.03. The zero-order valence-corrected chi connectivity index (χ0v) is 12.9. The monoisotopic (exact) mass is 285 g/mol. The first-order valence-corrected chi connectivity index (χ1v) is 7.79. The molecule has 0 aliphatic rings. The Balaban J connectivity index is 2.30. The number of hydrogen-bond donors (Lipinski definition) is 0. The number of rotatable bonds is 8. The molecule has 0 atom stereocenters. The van der Waals surface area contributed by atoms with Gasteiger partial charge in [-0.25, -0.2) is 4.98 Å². The van der Waals surface area contributed by atoms with Gasteiger partial charge >= 0.3 is 0 Å². The molecule has 0 radical (unpaired) electrons. The number of nitrogens with zero attached hydrogens (tertiary/aromatic N) is 3. The van der Waals surface area contributed by atoms with Crippen LogP contribution in [-0.4, -0.2) is 16.2 Å². The van der Waals surface area contributed by atoms with Crippen molar-refractivity contribution in [3.05, 3.63) is 24.0 Å². The van der Waals surface area contributed by atoms with Gasteiger partial charge in [0.2, 0.25) is 0 Å². The number of nitriles is 1. The van der Waals surface area contributed by atoms with Crippen LogP contribution in [0.1, 0.15) is 45.4 Å². The van der Waals surface area contributed by atoms with Gasteiger partial charge < -0.3 is 9.30 Å². The molecule has 0 saturated heterocycles. The largest absolute Gasteiger partial charge is 0.494 e. The third-order valence-corrected chi connectivity index (χ3v) is 3.49. The number of fused-ring (bicyclic) bond motifs is 1. The van der Waals surface area contributed by atoms with Crippen molar-refractivity contribution < 1.29 is 4.74 Å². The molecule has 2 aromatic rings. The van der Waals surface area contributed by atoms with Crippen molar-refractivity contribution in [2.45, 2.75) is 52.5 Å². The number of benzene rings is 1. The molecule has 4 nitrogen and oxygen atoms in total. The zero-order valence-electron chi connectivity index (χ0n) is 12.9. The Morgan fingerprint density at radius 3 is 2.81 bits per heavy atom. The highest BCUT2D eigenvalue weighted by atomic mass is 16.5. The van der Waals surface area contributed by atoms with E-state index in [4.69, 9.17) is 10.00 Å². The van der Waals surface area contributed by atoms with E-state index < -0.39 is 0 Å². The van der Waals surface area contributed by atoms with Crippen LogP contribution in [0.2, 0.25) is 0 Å². The smallest absolute Gasteiger partial charge is 0.124 e. The van der Waals surface area contributed by atoms with Crippen LogP contribution in [0, 0.1) is 11.3 Å². The topological polar surface area (TPSA) is 50.8 Å². The summed E-state index contributed by atoms with van der Waals surface area (Å²) in [6.45, 7) is 5.93. The SMILES string of the molecule is CCCCCn1c(CC#N)nc2cc(OCCC)ccc21. The van der Waals surface area contributed by atoms with E-state index in [9.17, 15) is 0 Å². The number of hydrogen-bond acceptors (Lipinski definition) is 3. The molecule has 1 aromatic carbocycles. The molecule has 0 amide bonds. The second-order valence-corrected chi connectivity index (χ2v) is 5.22. The van der Waals surface area contributed by atoms with Crippen LogP contribution in [0.4, 0.5) is 0 Å². The quantitative estimate of drug-likeness (QED) is 0.687. The Labute approximate surface area is 126 Å². The standard InChI is InChI=1S/C17H23N3O/c1-3-5-6-11-20-16-8-7-14(21-12-4-2)13-15(16)19-17(20)9-10-18/h7-8,13H,3-6,9,11-12H2,1-2H3. The predicted molar refractivity (Wildman–Crippen MR) is 84.4 cm³/mol. The normalized spacial score (nSPS) is 10.7. The van der Waals surface area contributed by atoms with Crippen molar-refractivity contribution in [2.24, 2.45) is 0 Å². The predicted octanol–water partition coefficient (Wildman–Crippen LogP) is 4.08. The van der Waals surface area contributed by atoms with Gasteiger partial charge in [0.25, 0.3) is 0 Å². The fourth-order valence-electron chi connectivity index (χ4n) is 2.44. The van der Waals surface area contributed by atoms with Crippen LogP contribution >= 0.6 is 0 Å². The van der Waals surface area contributed by atoms with E-state index in [1.165, 1.54) is 12.8 Å². The molecule has 21 heavy (non-hydrogen) atoms. The minimum Gasteiger partial charge on any atom is -0.494 e. The fourth-order valence-corrected chi connectivity index (χ4v) is 2.44. The van der Waals surface area contributed by atoms with Crippen LogP contribution in [-0.2, 0) is 13.0 Å². The summed E-state index contributed by atoms with van der Waals surface area (Å²) in [6, 6.07) is 8.23. The van der Waals surface area contributed by atoms with Crippen molar-refractivity contribution >= 4 is 11.0 Å². The highest BCUT2D eigenvalue weighted by Crippen LogP contribution is 2.23. The van der Waals surface area contributed by atoms with Gasteiger partial charge in [-0.15, -0.1) is 0 Å². The van der Waals surface area contributed by atoms with Gasteiger partial charge in [0, 0.05) is 12.6 Å². The summed E-state index contributed by atoms with van der Waals surface area (Å²) in [5.74, 6) is 1.71. The molecule has 0 N–H and O–H groups in total. The Hall–Kier alpha value is -2.02. The first kappa shape index (κ1) is 15.4. The average molecular weight is 285 g/mol. The molecule has 112 valence electrons. The average Bonchev–Trinajstić information content (AvgIpc) is 2.83. The first-order valence-electron chi connectivity index (χ1n) is 7.79. The number of aryl methyl sites for hydroxylation is 1. The van der Waals surface area contributed by atoms with Gasteiger partial charge in [0.05, 0.1) is 30.1 Å². The van der Waals surface area contributed by atoms with E-state index in [0.717, 1.165) is 42.0 Å². The molecule has 2 rings (SSSR count). The molecular weight excluding hydrogens is 262 g/mol. The second kappa shape index (κ2) is 7.68. The molecule has 0 spiro atoms. The fraction of sp³-hybridized carbons (Fsp3) is 0.529. The Bertz CT molecular complexity index is 625. The summed E-state index contributed by atoms with van der Waals surface area (Å²) >= 11 is 0. The minimum absolute atomic E-state index is 0.353. The summed E-state index contributed by atoms with van der Waals surface area (Å²) in [4.78, 5) is 4.61. The maximum absolute atomic E-state index is 8.98. The van der Waals surface area contributed by atoms with E-state index in [1.807, 2.05) is 12.1 Å². The summed E-state index contributed by atoms with van der Waals surface area (Å²) < 4.78 is 7.84. The number of ether oxygens (including phenoxy) is 1. The molecule has 0 saturated carbocycles. The molecule has 0 bridgehead atoms. The third kappa shape index (κ3) is 3.75. The van der Waals surface area contributed by atoms with E-state index in [2.05, 4.69) is 35.5 Å². The van der Waals surface area contributed by atoms with E-state index >= 15 is 0 Å². The summed E-state index contributed by atoms with van der Waals surface area (Å²) in [7, 11) is 0. The van der Waals surface area contributed by atoms with Gasteiger partial charge in [-0.1, -0.05) is 26.7 Å². The van der Waals surface area contributed by atoms with Gasteiger partial charge in [-0.3, -0.25) is 0 Å². The highest BCUT2D eigenvalue weighted by Gasteiger charge is 2.11. The van der Waals surface area contributed by atoms with Gasteiger partial charge in [0.1, 0.15) is 11.6 Å². The maximum Gasteiger partial charge on any atom is 0.124 e. The highest BCUT2D eigenvalue weighted by molar-refractivity contribution is 5.78. The van der Waals surface area contributed by atoms with Crippen molar-refractivity contribution in [1.29, 1.82) is 5.26 Å². The van der Waals surface area contributed by atoms with Crippen LogP contribution in [0.5, 0.6) is 5.75 Å². The summed E-state index contributed by atoms with van der Waals surface area (Å²) in [5, 5.41) is 8.98.